The molecule has 0 amide bonds. The van der Waals surface area contributed by atoms with Crippen LogP contribution in [-0.2, 0) is 16.4 Å². The molecule has 0 bridgehead atoms. The summed E-state index contributed by atoms with van der Waals surface area (Å²) in [4.78, 5) is 0.140. The van der Waals surface area contributed by atoms with Gasteiger partial charge in [-0.05, 0) is 12.8 Å². The van der Waals surface area contributed by atoms with Gasteiger partial charge in [-0.3, -0.25) is 4.68 Å². The highest BCUT2D eigenvalue weighted by molar-refractivity contribution is 7.90. The Hall–Kier alpha value is -0.920. The smallest absolute Gasteiger partial charge is 0.178 e. The molecular weight excluding hydrogens is 280 g/mol. The molecule has 1 aliphatic carbocycles. The summed E-state index contributed by atoms with van der Waals surface area (Å²) < 4.78 is 24.1. The van der Waals surface area contributed by atoms with E-state index in [2.05, 4.69) is 5.10 Å². The van der Waals surface area contributed by atoms with Gasteiger partial charge in [-0.1, -0.05) is 19.3 Å². The standard InChI is InChI=1S/C13H22N2O4S/c1-20(18,19)12-8-14-15(10-12)9-11(16)7-13(17)5-3-2-4-6-13/h8,10-11,16-17H,2-7,9H2,1H3. The molecule has 1 atom stereocenters. The number of nitrogens with zero attached hydrogens (tertiary/aromatic N) is 2. The maximum absolute atomic E-state index is 11.3. The highest BCUT2D eigenvalue weighted by Gasteiger charge is 2.31. The van der Waals surface area contributed by atoms with Gasteiger partial charge in [0.2, 0.25) is 0 Å². The lowest BCUT2D eigenvalue weighted by molar-refractivity contribution is -0.0413. The third-order valence-electron chi connectivity index (χ3n) is 3.84. The first kappa shape index (κ1) is 15.5. The van der Waals surface area contributed by atoms with Gasteiger partial charge >= 0.3 is 0 Å². The van der Waals surface area contributed by atoms with Crippen molar-refractivity contribution in [3.63, 3.8) is 0 Å². The van der Waals surface area contributed by atoms with E-state index < -0.39 is 21.5 Å². The second kappa shape index (κ2) is 5.83. The first-order valence-electron chi connectivity index (χ1n) is 6.91. The summed E-state index contributed by atoms with van der Waals surface area (Å²) in [6, 6.07) is 0. The van der Waals surface area contributed by atoms with E-state index in [0.29, 0.717) is 6.42 Å². The minimum atomic E-state index is -3.27. The summed E-state index contributed by atoms with van der Waals surface area (Å²) in [5.74, 6) is 0. The fraction of sp³-hybridized carbons (Fsp3) is 0.769. The van der Waals surface area contributed by atoms with Crippen LogP contribution in [0.25, 0.3) is 0 Å². The number of hydrogen-bond acceptors (Lipinski definition) is 5. The summed E-state index contributed by atoms with van der Waals surface area (Å²) in [7, 11) is -3.27. The van der Waals surface area contributed by atoms with Crippen molar-refractivity contribution in [1.82, 2.24) is 9.78 Å². The number of sulfone groups is 1. The molecule has 1 aliphatic rings. The first-order valence-corrected chi connectivity index (χ1v) is 8.81. The van der Waals surface area contributed by atoms with Crippen LogP contribution < -0.4 is 0 Å². The van der Waals surface area contributed by atoms with Crippen molar-refractivity contribution in [3.8, 4) is 0 Å². The fourth-order valence-electron chi connectivity index (χ4n) is 2.77. The van der Waals surface area contributed by atoms with Crippen molar-refractivity contribution in [1.29, 1.82) is 0 Å². The van der Waals surface area contributed by atoms with Crippen LogP contribution in [0, 0.1) is 0 Å². The summed E-state index contributed by atoms with van der Waals surface area (Å²) in [5, 5.41) is 24.4. The maximum atomic E-state index is 11.3. The lowest BCUT2D eigenvalue weighted by Crippen LogP contribution is -2.36. The van der Waals surface area contributed by atoms with Crippen LogP contribution in [0.2, 0.25) is 0 Å². The van der Waals surface area contributed by atoms with Crippen molar-refractivity contribution in [3.05, 3.63) is 12.4 Å². The molecule has 0 aliphatic heterocycles. The molecule has 6 nitrogen and oxygen atoms in total. The molecule has 0 radical (unpaired) electrons. The lowest BCUT2D eigenvalue weighted by Gasteiger charge is -2.33. The van der Waals surface area contributed by atoms with Crippen LogP contribution in [0.4, 0.5) is 0 Å². The molecule has 0 aromatic carbocycles. The van der Waals surface area contributed by atoms with Gasteiger partial charge in [-0.2, -0.15) is 5.10 Å². The molecule has 0 spiro atoms. The van der Waals surface area contributed by atoms with E-state index in [1.807, 2.05) is 0 Å². The van der Waals surface area contributed by atoms with Crippen molar-refractivity contribution in [2.45, 2.75) is 61.7 Å². The molecule has 1 aromatic rings. The van der Waals surface area contributed by atoms with E-state index in [9.17, 15) is 18.6 Å². The molecular formula is C13H22N2O4S. The van der Waals surface area contributed by atoms with Gasteiger partial charge in [0.05, 0.1) is 24.4 Å². The van der Waals surface area contributed by atoms with E-state index in [4.69, 9.17) is 0 Å². The van der Waals surface area contributed by atoms with E-state index in [1.165, 1.54) is 17.1 Å². The largest absolute Gasteiger partial charge is 0.391 e. The Bertz CT molecular complexity index is 546. The van der Waals surface area contributed by atoms with E-state index >= 15 is 0 Å². The fourth-order valence-corrected chi connectivity index (χ4v) is 3.32. The molecule has 114 valence electrons. The third-order valence-corrected chi connectivity index (χ3v) is 4.90. The average Bonchev–Trinajstić information content (AvgIpc) is 2.77. The molecule has 1 fully saturated rings. The third kappa shape index (κ3) is 4.04. The van der Waals surface area contributed by atoms with E-state index in [-0.39, 0.29) is 11.4 Å². The molecule has 1 unspecified atom stereocenters. The second-order valence-electron chi connectivity index (χ2n) is 5.81. The van der Waals surface area contributed by atoms with Gasteiger partial charge in [0.1, 0.15) is 4.90 Å². The number of aromatic nitrogens is 2. The van der Waals surface area contributed by atoms with Crippen LogP contribution in [0.1, 0.15) is 38.5 Å². The zero-order valence-corrected chi connectivity index (χ0v) is 12.5. The highest BCUT2D eigenvalue weighted by atomic mass is 32.2. The van der Waals surface area contributed by atoms with Crippen LogP contribution >= 0.6 is 0 Å². The van der Waals surface area contributed by atoms with Crippen molar-refractivity contribution in [2.24, 2.45) is 0 Å². The van der Waals surface area contributed by atoms with Crippen LogP contribution in [-0.4, -0.2) is 46.4 Å². The van der Waals surface area contributed by atoms with Gasteiger partial charge in [0.25, 0.3) is 0 Å². The Labute approximate surface area is 119 Å². The van der Waals surface area contributed by atoms with Crippen molar-refractivity contribution >= 4 is 9.84 Å². The quantitative estimate of drug-likeness (QED) is 0.836. The molecule has 1 saturated carbocycles. The Kier molecular flexibility index (Phi) is 4.51. The normalized spacial score (nSPS) is 20.8. The number of aliphatic hydroxyl groups excluding tert-OH is 1. The molecule has 20 heavy (non-hydrogen) atoms. The van der Waals surface area contributed by atoms with Gasteiger partial charge in [0, 0.05) is 18.9 Å². The SMILES string of the molecule is CS(=O)(=O)c1cnn(CC(O)CC2(O)CCCCC2)c1. The summed E-state index contributed by atoms with van der Waals surface area (Å²) >= 11 is 0. The Morgan fingerprint density at radius 1 is 1.40 bits per heavy atom. The van der Waals surface area contributed by atoms with Crippen molar-refractivity contribution < 1.29 is 18.6 Å². The van der Waals surface area contributed by atoms with Crippen LogP contribution in [0.3, 0.4) is 0 Å². The molecule has 1 aromatic heterocycles. The summed E-state index contributed by atoms with van der Waals surface area (Å²) in [6.07, 6.45) is 7.93. The molecule has 2 N–H and O–H groups in total. The predicted octanol–water partition coefficient (Wildman–Crippen LogP) is 0.733. The molecule has 7 heteroatoms. The van der Waals surface area contributed by atoms with E-state index in [0.717, 1.165) is 38.4 Å². The van der Waals surface area contributed by atoms with Crippen LogP contribution in [0.5, 0.6) is 0 Å². The number of aliphatic hydroxyl groups is 2. The Balaban J connectivity index is 1.94. The Morgan fingerprint density at radius 2 is 2.05 bits per heavy atom. The zero-order chi connectivity index (χ0) is 14.8. The maximum Gasteiger partial charge on any atom is 0.178 e. The van der Waals surface area contributed by atoms with Gasteiger partial charge in [-0.15, -0.1) is 0 Å². The van der Waals surface area contributed by atoms with E-state index in [1.54, 1.807) is 0 Å². The van der Waals surface area contributed by atoms with Crippen molar-refractivity contribution in [2.75, 3.05) is 6.26 Å². The molecule has 1 heterocycles. The number of rotatable bonds is 5. The first-order chi connectivity index (χ1) is 9.28. The van der Waals surface area contributed by atoms with Gasteiger partial charge in [-0.25, -0.2) is 8.42 Å². The summed E-state index contributed by atoms with van der Waals surface area (Å²) in [5.41, 5.74) is -0.787. The zero-order valence-electron chi connectivity index (χ0n) is 11.7. The molecule has 0 saturated heterocycles. The average molecular weight is 302 g/mol. The molecule has 2 rings (SSSR count). The minimum Gasteiger partial charge on any atom is -0.391 e. The highest BCUT2D eigenvalue weighted by Crippen LogP contribution is 2.32. The van der Waals surface area contributed by atoms with Gasteiger partial charge < -0.3 is 10.2 Å². The lowest BCUT2D eigenvalue weighted by atomic mass is 9.81. The van der Waals surface area contributed by atoms with Crippen LogP contribution in [0.15, 0.2) is 17.3 Å². The predicted molar refractivity (Wildman–Crippen MR) is 74.0 cm³/mol. The number of hydrogen-bond donors (Lipinski definition) is 2. The topological polar surface area (TPSA) is 92.4 Å². The monoisotopic (exact) mass is 302 g/mol. The summed E-state index contributed by atoms with van der Waals surface area (Å²) in [6.45, 7) is 0.192. The minimum absolute atomic E-state index is 0.140. The Morgan fingerprint density at radius 3 is 2.60 bits per heavy atom. The second-order valence-corrected chi connectivity index (χ2v) is 7.83. The van der Waals surface area contributed by atoms with Gasteiger partial charge in [0.15, 0.2) is 9.84 Å².